The standard InChI is InChI=1S/C25H20N2O2.C18H14N2O2/c28-24-16-23(21-13-12-19-9-4-5-10-20(19)15-21)22-11-6-14-26-25(22)27(24)29-17-18-7-2-1-3-8-18;21-17-11-16(15-6-3-9-19-18(15)20(17)22)14-8-7-12-4-1-2-5-13(12)10-14/h1-11,14-16H,12-13,17H2;1-6,9-11,22H,7-8H2. The summed E-state index contributed by atoms with van der Waals surface area (Å²) in [4.78, 5) is 39.4. The average Bonchev–Trinajstić information content (AvgIpc) is 3.19. The number of hydrogen-bond donors (Lipinski definition) is 1. The summed E-state index contributed by atoms with van der Waals surface area (Å²) in [6.07, 6.45) is 11.3. The first-order valence-electron chi connectivity index (χ1n) is 17.0. The van der Waals surface area contributed by atoms with Crippen molar-refractivity contribution in [3.8, 4) is 0 Å². The van der Waals surface area contributed by atoms with Gasteiger partial charge >= 0.3 is 0 Å². The van der Waals surface area contributed by atoms with Crippen molar-refractivity contribution in [3.63, 3.8) is 0 Å². The van der Waals surface area contributed by atoms with E-state index >= 15 is 0 Å². The minimum atomic E-state index is -0.457. The van der Waals surface area contributed by atoms with Crippen LogP contribution in [0.4, 0.5) is 0 Å². The van der Waals surface area contributed by atoms with E-state index in [9.17, 15) is 14.8 Å². The molecule has 0 spiro atoms. The molecule has 0 saturated heterocycles. The second-order valence-corrected chi connectivity index (χ2v) is 12.6. The first-order chi connectivity index (χ1) is 25.0. The van der Waals surface area contributed by atoms with Crippen LogP contribution in [0.25, 0.3) is 45.4 Å². The van der Waals surface area contributed by atoms with Gasteiger partial charge in [-0.1, -0.05) is 91.0 Å². The van der Waals surface area contributed by atoms with Crippen molar-refractivity contribution < 1.29 is 10.0 Å². The first kappa shape index (κ1) is 31.7. The second-order valence-electron chi connectivity index (χ2n) is 12.6. The maximum Gasteiger partial charge on any atom is 0.285 e. The highest BCUT2D eigenvalue weighted by atomic mass is 16.7. The molecule has 7 aromatic rings. The summed E-state index contributed by atoms with van der Waals surface area (Å²) in [6.45, 7) is 0.307. The van der Waals surface area contributed by atoms with Crippen molar-refractivity contribution in [2.75, 3.05) is 0 Å². The van der Waals surface area contributed by atoms with E-state index < -0.39 is 5.56 Å². The van der Waals surface area contributed by atoms with E-state index in [1.807, 2.05) is 72.8 Å². The molecule has 250 valence electrons. The molecule has 0 aliphatic heterocycles. The number of hydrogen-bond acceptors (Lipinski definition) is 6. The molecule has 3 aromatic carbocycles. The lowest BCUT2D eigenvalue weighted by molar-refractivity contribution is 0.0979. The minimum absolute atomic E-state index is 0.207. The normalized spacial score (nSPS) is 13.3. The van der Waals surface area contributed by atoms with Crippen LogP contribution in [-0.2, 0) is 19.4 Å². The molecular formula is C43H34N4O4. The molecule has 4 aromatic heterocycles. The Hall–Kier alpha value is -6.54. The van der Waals surface area contributed by atoms with Gasteiger partial charge in [0.2, 0.25) is 0 Å². The quantitative estimate of drug-likeness (QED) is 0.189. The molecule has 0 fully saturated rings. The Morgan fingerprint density at radius 1 is 0.588 bits per heavy atom. The Labute approximate surface area is 293 Å². The van der Waals surface area contributed by atoms with Gasteiger partial charge in [0.25, 0.3) is 11.1 Å². The fraction of sp³-hybridized carbons (Fsp3) is 0.116. The van der Waals surface area contributed by atoms with E-state index in [-0.39, 0.29) is 5.56 Å². The molecular weight excluding hydrogens is 636 g/mol. The van der Waals surface area contributed by atoms with Gasteiger partial charge in [-0.25, -0.2) is 9.97 Å². The molecule has 51 heavy (non-hydrogen) atoms. The number of nitrogens with zero attached hydrogens (tertiary/aromatic N) is 4. The zero-order valence-electron chi connectivity index (χ0n) is 27.8. The van der Waals surface area contributed by atoms with Crippen LogP contribution in [0, 0.1) is 0 Å². The van der Waals surface area contributed by atoms with Crippen LogP contribution < -0.4 is 16.0 Å². The van der Waals surface area contributed by atoms with E-state index in [0.29, 0.717) is 22.6 Å². The summed E-state index contributed by atoms with van der Waals surface area (Å²) in [6, 6.07) is 37.3. The third-order valence-corrected chi connectivity index (χ3v) is 9.48. The van der Waals surface area contributed by atoms with Crippen molar-refractivity contribution in [2.24, 2.45) is 0 Å². The van der Waals surface area contributed by atoms with Crippen LogP contribution in [0.1, 0.15) is 51.8 Å². The summed E-state index contributed by atoms with van der Waals surface area (Å²) >= 11 is 0. The van der Waals surface area contributed by atoms with Crippen molar-refractivity contribution in [1.29, 1.82) is 0 Å². The van der Waals surface area contributed by atoms with Gasteiger partial charge in [0.15, 0.2) is 11.3 Å². The van der Waals surface area contributed by atoms with Crippen molar-refractivity contribution in [1.82, 2.24) is 19.4 Å². The molecule has 8 nitrogen and oxygen atoms in total. The molecule has 0 saturated carbocycles. The number of aryl methyl sites for hydroxylation is 2. The van der Waals surface area contributed by atoms with Gasteiger partial charge in [-0.2, -0.15) is 0 Å². The average molecular weight is 671 g/mol. The van der Waals surface area contributed by atoms with Crippen molar-refractivity contribution in [3.05, 3.63) is 187 Å². The van der Waals surface area contributed by atoms with Crippen LogP contribution >= 0.6 is 0 Å². The highest BCUT2D eigenvalue weighted by Crippen LogP contribution is 2.34. The minimum Gasteiger partial charge on any atom is -0.423 e. The maximum atomic E-state index is 12.9. The lowest BCUT2D eigenvalue weighted by Gasteiger charge is -2.19. The van der Waals surface area contributed by atoms with Gasteiger partial charge in [-0.05, 0) is 100 Å². The largest absolute Gasteiger partial charge is 0.423 e. The van der Waals surface area contributed by atoms with E-state index in [4.69, 9.17) is 4.84 Å². The Balaban J connectivity index is 0.000000152. The van der Waals surface area contributed by atoms with Crippen LogP contribution in [0.2, 0.25) is 0 Å². The summed E-state index contributed by atoms with van der Waals surface area (Å²) < 4.78 is 1.92. The Morgan fingerprint density at radius 2 is 1.12 bits per heavy atom. The molecule has 8 heteroatoms. The number of pyridine rings is 4. The second kappa shape index (κ2) is 13.8. The monoisotopic (exact) mass is 670 g/mol. The Kier molecular flexibility index (Phi) is 8.56. The zero-order chi connectivity index (χ0) is 34.7. The molecule has 0 atom stereocenters. The number of rotatable bonds is 5. The third kappa shape index (κ3) is 6.35. The predicted octanol–water partition coefficient (Wildman–Crippen LogP) is 7.63. The lowest BCUT2D eigenvalue weighted by atomic mass is 9.88. The van der Waals surface area contributed by atoms with E-state index in [1.165, 1.54) is 33.1 Å². The SMILES string of the molecule is O=c1cc(C2=Cc3ccccc3CC2)c2cccnc2n1O.O=c1cc(C2=Cc3ccccc3CC2)c2cccnc2n1OCc1ccccc1. The van der Waals surface area contributed by atoms with Crippen LogP contribution in [0.3, 0.4) is 0 Å². The zero-order valence-corrected chi connectivity index (χ0v) is 27.8. The van der Waals surface area contributed by atoms with Gasteiger partial charge in [0.05, 0.1) is 0 Å². The number of benzene rings is 3. The summed E-state index contributed by atoms with van der Waals surface area (Å²) in [5.41, 5.74) is 10.3. The summed E-state index contributed by atoms with van der Waals surface area (Å²) in [5.74, 6) is 0. The predicted molar refractivity (Wildman–Crippen MR) is 201 cm³/mol. The first-order valence-corrected chi connectivity index (χ1v) is 17.0. The molecule has 0 amide bonds. The maximum absolute atomic E-state index is 12.9. The van der Waals surface area contributed by atoms with Gasteiger partial charge in [0, 0.05) is 35.3 Å². The molecule has 9 rings (SSSR count). The van der Waals surface area contributed by atoms with Gasteiger partial charge < -0.3 is 10.0 Å². The van der Waals surface area contributed by atoms with Gasteiger partial charge in [-0.15, -0.1) is 9.46 Å². The topological polar surface area (TPSA) is 99.2 Å². The Morgan fingerprint density at radius 3 is 1.75 bits per heavy atom. The van der Waals surface area contributed by atoms with Gasteiger partial charge in [-0.3, -0.25) is 9.59 Å². The fourth-order valence-corrected chi connectivity index (χ4v) is 6.93. The van der Waals surface area contributed by atoms with Crippen molar-refractivity contribution >= 4 is 45.4 Å². The third-order valence-electron chi connectivity index (χ3n) is 9.48. The molecule has 4 heterocycles. The van der Waals surface area contributed by atoms with Crippen LogP contribution in [0.5, 0.6) is 0 Å². The number of aromatic nitrogens is 4. The highest BCUT2D eigenvalue weighted by molar-refractivity contribution is 5.97. The molecule has 1 N–H and O–H groups in total. The smallest absolute Gasteiger partial charge is 0.285 e. The Bertz CT molecular complexity index is 2600. The van der Waals surface area contributed by atoms with E-state index in [0.717, 1.165) is 64.3 Å². The van der Waals surface area contributed by atoms with E-state index in [2.05, 4.69) is 52.5 Å². The molecule has 0 radical (unpaired) electrons. The molecule has 2 aliphatic rings. The molecule has 0 bridgehead atoms. The van der Waals surface area contributed by atoms with Crippen LogP contribution in [-0.4, -0.2) is 24.6 Å². The number of fused-ring (bicyclic) bond motifs is 4. The summed E-state index contributed by atoms with van der Waals surface area (Å²) in [7, 11) is 0. The van der Waals surface area contributed by atoms with E-state index in [1.54, 1.807) is 18.5 Å². The lowest BCUT2D eigenvalue weighted by Crippen LogP contribution is -2.28. The van der Waals surface area contributed by atoms with Crippen molar-refractivity contribution in [2.45, 2.75) is 32.3 Å². The molecule has 2 aliphatic carbocycles. The molecule has 0 unspecified atom stereocenters. The number of allylic oxidation sites excluding steroid dienone is 2. The highest BCUT2D eigenvalue weighted by Gasteiger charge is 2.18. The fourth-order valence-electron chi connectivity index (χ4n) is 6.93. The van der Waals surface area contributed by atoms with Crippen LogP contribution in [0.15, 0.2) is 137 Å². The summed E-state index contributed by atoms with van der Waals surface area (Å²) in [5, 5.41) is 11.6. The van der Waals surface area contributed by atoms with Gasteiger partial charge in [0.1, 0.15) is 6.61 Å².